The van der Waals surface area contributed by atoms with Crippen LogP contribution in [0.15, 0.2) is 36.7 Å². The van der Waals surface area contributed by atoms with Gasteiger partial charge in [-0.1, -0.05) is 30.3 Å². The molecule has 100 valence electrons. The summed E-state index contributed by atoms with van der Waals surface area (Å²) in [6.07, 6.45) is 3.30. The van der Waals surface area contributed by atoms with E-state index in [2.05, 4.69) is 15.2 Å². The van der Waals surface area contributed by atoms with Crippen molar-refractivity contribution >= 4 is 9.84 Å². The maximum Gasteiger partial charge on any atom is 0.164 e. The monoisotopic (exact) mass is 277 g/mol. The lowest BCUT2D eigenvalue weighted by molar-refractivity contribution is 0.569. The Morgan fingerprint density at radius 2 is 2.00 bits per heavy atom. The molecule has 0 amide bonds. The molecule has 5 nitrogen and oxygen atoms in total. The second-order valence-corrected chi connectivity index (χ2v) is 7.03. The minimum Gasteiger partial charge on any atom is -0.262 e. The standard InChI is InChI=1S/C13H15N3O2S/c17-19(18,8-12-14-9-15-16-12)13(11-6-7-11)10-4-2-1-3-5-10/h1-5,9,11,13H,6-8H2,(H,14,15,16). The quantitative estimate of drug-likeness (QED) is 0.905. The van der Waals surface area contributed by atoms with Gasteiger partial charge in [0.2, 0.25) is 0 Å². The molecule has 0 saturated heterocycles. The van der Waals surface area contributed by atoms with Crippen molar-refractivity contribution in [2.45, 2.75) is 23.8 Å². The molecule has 1 unspecified atom stereocenters. The summed E-state index contributed by atoms with van der Waals surface area (Å²) in [5, 5.41) is 5.90. The summed E-state index contributed by atoms with van der Waals surface area (Å²) in [5.41, 5.74) is 0.879. The molecule has 1 saturated carbocycles. The van der Waals surface area contributed by atoms with Gasteiger partial charge in [-0.05, 0) is 24.3 Å². The van der Waals surface area contributed by atoms with Crippen molar-refractivity contribution in [2.24, 2.45) is 5.92 Å². The van der Waals surface area contributed by atoms with Gasteiger partial charge in [0, 0.05) is 0 Å². The Bertz CT molecular complexity index is 634. The summed E-state index contributed by atoms with van der Waals surface area (Å²) in [7, 11) is -3.27. The molecule has 0 spiro atoms. The van der Waals surface area contributed by atoms with Crippen LogP contribution in [0, 0.1) is 5.92 Å². The van der Waals surface area contributed by atoms with E-state index in [-0.39, 0.29) is 11.7 Å². The third kappa shape index (κ3) is 2.68. The number of aromatic amines is 1. The third-order valence-corrected chi connectivity index (χ3v) is 5.47. The Morgan fingerprint density at radius 1 is 1.26 bits per heavy atom. The van der Waals surface area contributed by atoms with E-state index in [1.54, 1.807) is 0 Å². The van der Waals surface area contributed by atoms with Gasteiger partial charge >= 0.3 is 0 Å². The molecule has 0 aliphatic heterocycles. The summed E-state index contributed by atoms with van der Waals surface area (Å²) >= 11 is 0. The van der Waals surface area contributed by atoms with Crippen molar-refractivity contribution in [3.63, 3.8) is 0 Å². The predicted molar refractivity (Wildman–Crippen MR) is 70.9 cm³/mol. The summed E-state index contributed by atoms with van der Waals surface area (Å²) in [4.78, 5) is 3.91. The average molecular weight is 277 g/mol. The summed E-state index contributed by atoms with van der Waals surface area (Å²) < 4.78 is 25.2. The number of sulfone groups is 1. The summed E-state index contributed by atoms with van der Waals surface area (Å²) in [5.74, 6) is 0.570. The van der Waals surface area contributed by atoms with Gasteiger partial charge in [-0.3, -0.25) is 5.10 Å². The Kier molecular flexibility index (Phi) is 3.10. The van der Waals surface area contributed by atoms with Gasteiger partial charge in [0.15, 0.2) is 9.84 Å². The van der Waals surface area contributed by atoms with Crippen LogP contribution in [0.4, 0.5) is 0 Å². The van der Waals surface area contributed by atoms with Crippen LogP contribution in [-0.2, 0) is 15.6 Å². The first-order valence-electron chi connectivity index (χ1n) is 6.27. The molecular formula is C13H15N3O2S. The number of nitrogens with one attached hydrogen (secondary N) is 1. The number of H-pyrrole nitrogens is 1. The van der Waals surface area contributed by atoms with Gasteiger partial charge in [-0.2, -0.15) is 5.10 Å². The largest absolute Gasteiger partial charge is 0.262 e. The molecule has 1 aliphatic carbocycles. The Labute approximate surface area is 112 Å². The maximum atomic E-state index is 12.6. The zero-order valence-corrected chi connectivity index (χ0v) is 11.2. The zero-order valence-electron chi connectivity index (χ0n) is 10.4. The lowest BCUT2D eigenvalue weighted by atomic mass is 10.1. The normalized spacial score (nSPS) is 17.3. The van der Waals surface area contributed by atoms with Crippen LogP contribution in [0.25, 0.3) is 0 Å². The van der Waals surface area contributed by atoms with Gasteiger partial charge in [0.05, 0.1) is 5.25 Å². The fourth-order valence-electron chi connectivity index (χ4n) is 2.40. The van der Waals surface area contributed by atoms with E-state index in [4.69, 9.17) is 0 Å². The highest BCUT2D eigenvalue weighted by molar-refractivity contribution is 7.90. The SMILES string of the molecule is O=S(=O)(Cc1ncn[nH]1)C(c1ccccc1)C1CC1. The Morgan fingerprint density at radius 3 is 2.58 bits per heavy atom. The highest BCUT2D eigenvalue weighted by Gasteiger charge is 2.41. The van der Waals surface area contributed by atoms with Gasteiger partial charge in [-0.15, -0.1) is 0 Å². The van der Waals surface area contributed by atoms with Gasteiger partial charge in [0.25, 0.3) is 0 Å². The number of aromatic nitrogens is 3. The topological polar surface area (TPSA) is 75.7 Å². The molecule has 0 bridgehead atoms. The van der Waals surface area contributed by atoms with Crippen LogP contribution in [0.1, 0.15) is 29.5 Å². The highest BCUT2D eigenvalue weighted by atomic mass is 32.2. The van der Waals surface area contributed by atoms with Crippen molar-refractivity contribution < 1.29 is 8.42 Å². The fraction of sp³-hybridized carbons (Fsp3) is 0.385. The van der Waals surface area contributed by atoms with Crippen molar-refractivity contribution in [1.29, 1.82) is 0 Å². The number of hydrogen-bond donors (Lipinski definition) is 1. The molecule has 1 aromatic carbocycles. The molecule has 6 heteroatoms. The highest BCUT2D eigenvalue weighted by Crippen LogP contribution is 2.46. The first kappa shape index (κ1) is 12.3. The van der Waals surface area contributed by atoms with E-state index in [0.717, 1.165) is 18.4 Å². The number of nitrogens with zero attached hydrogens (tertiary/aromatic N) is 2. The number of rotatable bonds is 5. The van der Waals surface area contributed by atoms with Crippen LogP contribution in [0.3, 0.4) is 0 Å². The molecule has 1 N–H and O–H groups in total. The van der Waals surface area contributed by atoms with E-state index in [0.29, 0.717) is 5.82 Å². The van der Waals surface area contributed by atoms with Gasteiger partial charge in [-0.25, -0.2) is 13.4 Å². The number of hydrogen-bond acceptors (Lipinski definition) is 4. The van der Waals surface area contributed by atoms with Crippen molar-refractivity contribution in [3.8, 4) is 0 Å². The second-order valence-electron chi connectivity index (χ2n) is 4.91. The minimum atomic E-state index is -3.27. The van der Waals surface area contributed by atoms with E-state index >= 15 is 0 Å². The molecule has 1 aromatic heterocycles. The summed E-state index contributed by atoms with van der Waals surface area (Å²) in [6, 6.07) is 9.45. The van der Waals surface area contributed by atoms with Crippen LogP contribution >= 0.6 is 0 Å². The second kappa shape index (κ2) is 4.77. The Hall–Kier alpha value is -1.69. The molecule has 1 heterocycles. The van der Waals surface area contributed by atoms with Crippen molar-refractivity contribution in [3.05, 3.63) is 48.0 Å². The van der Waals surface area contributed by atoms with E-state index < -0.39 is 15.1 Å². The maximum absolute atomic E-state index is 12.6. The lowest BCUT2D eigenvalue weighted by Crippen LogP contribution is -2.18. The average Bonchev–Trinajstić information content (AvgIpc) is 3.07. The third-order valence-electron chi connectivity index (χ3n) is 3.37. The lowest BCUT2D eigenvalue weighted by Gasteiger charge is -2.16. The zero-order chi connectivity index (χ0) is 13.3. The van der Waals surface area contributed by atoms with Gasteiger partial charge < -0.3 is 0 Å². The van der Waals surface area contributed by atoms with Crippen LogP contribution in [0.2, 0.25) is 0 Å². The van der Waals surface area contributed by atoms with Crippen LogP contribution in [0.5, 0.6) is 0 Å². The molecule has 1 atom stereocenters. The van der Waals surface area contributed by atoms with Crippen LogP contribution < -0.4 is 0 Å². The van der Waals surface area contributed by atoms with E-state index in [1.807, 2.05) is 30.3 Å². The first-order valence-corrected chi connectivity index (χ1v) is 7.99. The molecule has 19 heavy (non-hydrogen) atoms. The molecule has 0 radical (unpaired) electrons. The van der Waals surface area contributed by atoms with Gasteiger partial charge in [0.1, 0.15) is 17.9 Å². The van der Waals surface area contributed by atoms with E-state index in [1.165, 1.54) is 6.33 Å². The first-order chi connectivity index (χ1) is 9.17. The number of benzene rings is 1. The summed E-state index contributed by atoms with van der Waals surface area (Å²) in [6.45, 7) is 0. The van der Waals surface area contributed by atoms with Crippen LogP contribution in [-0.4, -0.2) is 23.6 Å². The predicted octanol–water partition coefficient (Wildman–Crippen LogP) is 1.87. The van der Waals surface area contributed by atoms with Crippen molar-refractivity contribution in [2.75, 3.05) is 0 Å². The van der Waals surface area contributed by atoms with E-state index in [9.17, 15) is 8.42 Å². The van der Waals surface area contributed by atoms with Crippen molar-refractivity contribution in [1.82, 2.24) is 15.2 Å². The smallest absolute Gasteiger partial charge is 0.164 e. The fourth-order valence-corrected chi connectivity index (χ4v) is 4.53. The Balaban J connectivity index is 1.92. The molecule has 1 fully saturated rings. The molecule has 1 aliphatic rings. The molecule has 3 rings (SSSR count). The molecular weight excluding hydrogens is 262 g/mol. The molecule has 2 aromatic rings. The minimum absolute atomic E-state index is 0.0803.